The van der Waals surface area contributed by atoms with E-state index in [9.17, 15) is 9.90 Å². The molecule has 0 bridgehead atoms. The molecule has 3 N–H and O–H groups in total. The number of benzene rings is 2. The molecule has 0 radical (unpaired) electrons. The number of ether oxygens (including phenoxy) is 2. The maximum atomic E-state index is 12.7. The zero-order valence-corrected chi connectivity index (χ0v) is 20.1. The van der Waals surface area contributed by atoms with Crippen molar-refractivity contribution in [1.29, 1.82) is 0 Å². The number of aliphatic hydroxyl groups is 2. The maximum Gasteiger partial charge on any atom is 0.340 e. The first-order valence-corrected chi connectivity index (χ1v) is 12.2. The molecule has 2 aromatic rings. The van der Waals surface area contributed by atoms with E-state index in [0.29, 0.717) is 29.8 Å². The predicted molar refractivity (Wildman–Crippen MR) is 133 cm³/mol. The molecule has 34 heavy (non-hydrogen) atoms. The molecule has 7 heteroatoms. The van der Waals surface area contributed by atoms with Crippen LogP contribution in [-0.4, -0.2) is 62.7 Å². The smallest absolute Gasteiger partial charge is 0.340 e. The molecular formula is C27H38N2O5. The average Bonchev–Trinajstić information content (AvgIpc) is 2.92. The molecule has 2 saturated heterocycles. The first kappa shape index (κ1) is 26.0. The first-order chi connectivity index (χ1) is 16.6. The van der Waals surface area contributed by atoms with Gasteiger partial charge in [0, 0.05) is 32.4 Å². The van der Waals surface area contributed by atoms with Gasteiger partial charge in [0.25, 0.3) is 0 Å². The molecule has 0 aromatic heterocycles. The predicted octanol–water partition coefficient (Wildman–Crippen LogP) is 3.24. The minimum atomic E-state index is -0.337. The van der Waals surface area contributed by atoms with Gasteiger partial charge in [-0.1, -0.05) is 30.3 Å². The standard InChI is InChI=1S/C21H25NO4.C6H13NO/c1-25-18-7-8-19(21(24)26-15-17-5-3-2-4-6-17)20(13-18)22-11-9-16(14-23)10-12-22;8-5-6-1-3-7-4-2-6/h2-8,13,16,23H,9-12,14-15H2,1H3;6-8H,1-5H2. The summed E-state index contributed by atoms with van der Waals surface area (Å²) in [6.07, 6.45) is 4.12. The minimum absolute atomic E-state index is 0.220. The van der Waals surface area contributed by atoms with E-state index in [0.717, 1.165) is 63.1 Å². The Balaban J connectivity index is 0.000000343. The number of hydrogen-bond acceptors (Lipinski definition) is 7. The van der Waals surface area contributed by atoms with Crippen LogP contribution < -0.4 is 15.0 Å². The van der Waals surface area contributed by atoms with Gasteiger partial charge in [0.2, 0.25) is 0 Å². The van der Waals surface area contributed by atoms with Crippen LogP contribution >= 0.6 is 0 Å². The Labute approximate surface area is 202 Å². The number of nitrogens with zero attached hydrogens (tertiary/aromatic N) is 1. The summed E-state index contributed by atoms with van der Waals surface area (Å²) >= 11 is 0. The number of esters is 1. The summed E-state index contributed by atoms with van der Waals surface area (Å²) in [5.41, 5.74) is 2.34. The van der Waals surface area contributed by atoms with Gasteiger partial charge in [0.15, 0.2) is 0 Å². The van der Waals surface area contributed by atoms with Crippen LogP contribution in [0.15, 0.2) is 48.5 Å². The van der Waals surface area contributed by atoms with E-state index in [-0.39, 0.29) is 19.2 Å². The molecule has 2 fully saturated rings. The van der Waals surface area contributed by atoms with Gasteiger partial charge in [-0.25, -0.2) is 4.79 Å². The van der Waals surface area contributed by atoms with Crippen LogP contribution in [0.3, 0.4) is 0 Å². The van der Waals surface area contributed by atoms with Crippen LogP contribution in [0.2, 0.25) is 0 Å². The zero-order chi connectivity index (χ0) is 24.2. The monoisotopic (exact) mass is 470 g/mol. The van der Waals surface area contributed by atoms with Crippen LogP contribution in [0.5, 0.6) is 5.75 Å². The molecule has 2 aromatic carbocycles. The second-order valence-electron chi connectivity index (χ2n) is 8.93. The molecule has 2 aliphatic rings. The highest BCUT2D eigenvalue weighted by atomic mass is 16.5. The third-order valence-corrected chi connectivity index (χ3v) is 6.57. The van der Waals surface area contributed by atoms with Gasteiger partial charge in [-0.2, -0.15) is 0 Å². The number of anilines is 1. The van der Waals surface area contributed by atoms with Gasteiger partial charge in [0.1, 0.15) is 12.4 Å². The first-order valence-electron chi connectivity index (χ1n) is 12.2. The molecule has 0 unspecified atom stereocenters. The van der Waals surface area contributed by atoms with E-state index in [1.807, 2.05) is 36.4 Å². The van der Waals surface area contributed by atoms with Crippen LogP contribution in [0.1, 0.15) is 41.6 Å². The molecule has 2 aliphatic heterocycles. The van der Waals surface area contributed by atoms with Gasteiger partial charge in [-0.15, -0.1) is 0 Å². The van der Waals surface area contributed by atoms with Crippen molar-refractivity contribution in [3.63, 3.8) is 0 Å². The molecule has 7 nitrogen and oxygen atoms in total. The fraction of sp³-hybridized carbons (Fsp3) is 0.519. The van der Waals surface area contributed by atoms with Gasteiger partial charge in [-0.05, 0) is 68.3 Å². The highest BCUT2D eigenvalue weighted by Gasteiger charge is 2.24. The van der Waals surface area contributed by atoms with Crippen molar-refractivity contribution in [2.45, 2.75) is 32.3 Å². The molecule has 0 spiro atoms. The third-order valence-electron chi connectivity index (χ3n) is 6.57. The van der Waals surface area contributed by atoms with Crippen molar-refractivity contribution in [2.75, 3.05) is 51.4 Å². The summed E-state index contributed by atoms with van der Waals surface area (Å²) in [6, 6.07) is 15.1. The highest BCUT2D eigenvalue weighted by Crippen LogP contribution is 2.30. The van der Waals surface area contributed by atoms with Crippen molar-refractivity contribution in [1.82, 2.24) is 5.32 Å². The number of aliphatic hydroxyl groups excluding tert-OH is 2. The normalized spacial score (nSPS) is 17.0. The Bertz CT molecular complexity index is 863. The average molecular weight is 471 g/mol. The lowest BCUT2D eigenvalue weighted by Crippen LogP contribution is -2.35. The van der Waals surface area contributed by atoms with Crippen molar-refractivity contribution in [3.05, 3.63) is 59.7 Å². The van der Waals surface area contributed by atoms with Crippen molar-refractivity contribution in [2.24, 2.45) is 11.8 Å². The minimum Gasteiger partial charge on any atom is -0.497 e. The zero-order valence-electron chi connectivity index (χ0n) is 20.1. The van der Waals surface area contributed by atoms with E-state index in [4.69, 9.17) is 14.6 Å². The Morgan fingerprint density at radius 3 is 2.21 bits per heavy atom. The number of nitrogens with one attached hydrogen (secondary N) is 1. The molecule has 0 aliphatic carbocycles. The SMILES string of the molecule is COc1ccc(C(=O)OCc2ccccc2)c(N2CCC(CO)CC2)c1.OCC1CCNCC1. The van der Waals surface area contributed by atoms with Crippen molar-refractivity contribution < 1.29 is 24.5 Å². The van der Waals surface area contributed by atoms with Crippen molar-refractivity contribution in [3.8, 4) is 5.75 Å². The highest BCUT2D eigenvalue weighted by molar-refractivity contribution is 5.96. The van der Waals surface area contributed by atoms with Gasteiger partial charge in [0.05, 0.1) is 18.4 Å². The fourth-order valence-corrected chi connectivity index (χ4v) is 4.29. The third kappa shape index (κ3) is 7.72. The lowest BCUT2D eigenvalue weighted by molar-refractivity contribution is 0.0473. The maximum absolute atomic E-state index is 12.7. The molecule has 0 amide bonds. The van der Waals surface area contributed by atoms with E-state index in [2.05, 4.69) is 10.2 Å². The second-order valence-corrected chi connectivity index (χ2v) is 8.93. The van der Waals surface area contributed by atoms with Gasteiger partial charge >= 0.3 is 5.97 Å². The molecule has 0 saturated carbocycles. The largest absolute Gasteiger partial charge is 0.497 e. The van der Waals surface area contributed by atoms with Crippen LogP contribution in [-0.2, 0) is 11.3 Å². The van der Waals surface area contributed by atoms with Gasteiger partial charge in [-0.3, -0.25) is 0 Å². The molecule has 4 rings (SSSR count). The number of rotatable bonds is 7. The number of carbonyl (C=O) groups excluding carboxylic acids is 1. The quantitative estimate of drug-likeness (QED) is 0.535. The summed E-state index contributed by atoms with van der Waals surface area (Å²) in [6.45, 7) is 4.63. The number of methoxy groups -OCH3 is 1. The summed E-state index contributed by atoms with van der Waals surface area (Å²) in [5, 5.41) is 21.2. The topological polar surface area (TPSA) is 91.3 Å². The number of carbonyl (C=O) groups is 1. The lowest BCUT2D eigenvalue weighted by Gasteiger charge is -2.34. The van der Waals surface area contributed by atoms with Crippen LogP contribution in [0, 0.1) is 11.8 Å². The molecule has 0 atom stereocenters. The summed E-state index contributed by atoms with van der Waals surface area (Å²) in [4.78, 5) is 14.8. The van der Waals surface area contributed by atoms with Crippen molar-refractivity contribution >= 4 is 11.7 Å². The fourth-order valence-electron chi connectivity index (χ4n) is 4.29. The summed E-state index contributed by atoms with van der Waals surface area (Å²) in [7, 11) is 1.62. The second kappa shape index (κ2) is 13.9. The molecule has 186 valence electrons. The Morgan fingerprint density at radius 1 is 0.971 bits per heavy atom. The van der Waals surface area contributed by atoms with Crippen LogP contribution in [0.4, 0.5) is 5.69 Å². The van der Waals surface area contributed by atoms with Gasteiger partial charge < -0.3 is 29.9 Å². The Hall–Kier alpha value is -2.61. The summed E-state index contributed by atoms with van der Waals surface area (Å²) < 4.78 is 10.8. The Kier molecular flexibility index (Phi) is 10.7. The molecule has 2 heterocycles. The lowest BCUT2D eigenvalue weighted by atomic mass is 9.97. The Morgan fingerprint density at radius 2 is 1.62 bits per heavy atom. The van der Waals surface area contributed by atoms with E-state index < -0.39 is 0 Å². The summed E-state index contributed by atoms with van der Waals surface area (Å²) in [5.74, 6) is 1.29. The number of piperidine rings is 2. The van der Waals surface area contributed by atoms with E-state index in [1.165, 1.54) is 0 Å². The number of hydrogen-bond donors (Lipinski definition) is 3. The van der Waals surface area contributed by atoms with Crippen LogP contribution in [0.25, 0.3) is 0 Å². The van der Waals surface area contributed by atoms with E-state index >= 15 is 0 Å². The molecular weight excluding hydrogens is 432 g/mol. The van der Waals surface area contributed by atoms with E-state index in [1.54, 1.807) is 19.2 Å².